The number of nitrogens with one attached hydrogen (secondary N) is 1. The number of aromatic nitrogens is 4. The Hall–Kier alpha value is -3.20. The second-order valence-corrected chi connectivity index (χ2v) is 6.33. The van der Waals surface area contributed by atoms with Crippen LogP contribution in [-0.2, 0) is 18.4 Å². The minimum absolute atomic E-state index is 0.189. The summed E-state index contributed by atoms with van der Waals surface area (Å²) in [4.78, 5) is 16.8. The van der Waals surface area contributed by atoms with Crippen molar-refractivity contribution in [1.82, 2.24) is 25.2 Å². The van der Waals surface area contributed by atoms with E-state index in [9.17, 15) is 4.79 Å². The fourth-order valence-electron chi connectivity index (χ4n) is 3.08. The third-order valence-corrected chi connectivity index (χ3v) is 4.33. The van der Waals surface area contributed by atoms with Crippen molar-refractivity contribution in [3.05, 3.63) is 47.1 Å². The number of carbonyl (C=O) groups is 1. The Morgan fingerprint density at radius 3 is 3.00 bits per heavy atom. The molecule has 1 N–H and O–H groups in total. The molecule has 3 aromatic rings. The highest BCUT2D eigenvalue weighted by molar-refractivity contribution is 5.93. The van der Waals surface area contributed by atoms with Gasteiger partial charge in [0, 0.05) is 25.3 Å². The first kappa shape index (κ1) is 17.2. The number of nitrogens with zero attached hydrogens (tertiary/aromatic N) is 4. The standard InChI is InChI=1S/C18H19N5O4/c1-10-6-14(23(2)21-10)18(24)19-13-8-26-15-7-11(4-5-12(13)15)17-20-16(9-25-3)27-22-17/h4-7,13H,8-9H2,1-3H3,(H,19,24)/t13-/m0/s1. The summed E-state index contributed by atoms with van der Waals surface area (Å²) >= 11 is 0. The fourth-order valence-corrected chi connectivity index (χ4v) is 3.08. The normalized spacial score (nSPS) is 15.4. The van der Waals surface area contributed by atoms with Gasteiger partial charge in [-0.05, 0) is 19.1 Å². The molecule has 27 heavy (non-hydrogen) atoms. The number of aryl methyl sites for hydroxylation is 2. The molecule has 0 saturated heterocycles. The first-order valence-corrected chi connectivity index (χ1v) is 8.45. The van der Waals surface area contributed by atoms with Gasteiger partial charge in [-0.25, -0.2) is 0 Å². The van der Waals surface area contributed by atoms with Gasteiger partial charge in [0.05, 0.1) is 11.7 Å². The molecule has 0 radical (unpaired) electrons. The summed E-state index contributed by atoms with van der Waals surface area (Å²) in [7, 11) is 3.31. The lowest BCUT2D eigenvalue weighted by Crippen LogP contribution is -2.30. The van der Waals surface area contributed by atoms with Gasteiger partial charge in [0.15, 0.2) is 0 Å². The maximum absolute atomic E-state index is 12.5. The maximum Gasteiger partial charge on any atom is 0.270 e. The van der Waals surface area contributed by atoms with E-state index in [-0.39, 0.29) is 18.6 Å². The van der Waals surface area contributed by atoms with Crippen molar-refractivity contribution in [3.8, 4) is 17.1 Å². The highest BCUT2D eigenvalue weighted by Crippen LogP contribution is 2.35. The average molecular weight is 369 g/mol. The lowest BCUT2D eigenvalue weighted by atomic mass is 10.1. The van der Waals surface area contributed by atoms with Crippen LogP contribution in [0.5, 0.6) is 5.75 Å². The molecule has 1 aromatic carbocycles. The predicted octanol–water partition coefficient (Wildman–Crippen LogP) is 1.79. The molecular weight excluding hydrogens is 350 g/mol. The quantitative estimate of drug-likeness (QED) is 0.731. The van der Waals surface area contributed by atoms with E-state index < -0.39 is 0 Å². The van der Waals surface area contributed by atoms with Crippen molar-refractivity contribution >= 4 is 5.91 Å². The Bertz CT molecular complexity index is 994. The highest BCUT2D eigenvalue weighted by atomic mass is 16.5. The monoisotopic (exact) mass is 369 g/mol. The van der Waals surface area contributed by atoms with Gasteiger partial charge in [-0.3, -0.25) is 9.48 Å². The second kappa shape index (κ2) is 6.84. The fraction of sp³-hybridized carbons (Fsp3) is 0.333. The van der Waals surface area contributed by atoms with Crippen LogP contribution >= 0.6 is 0 Å². The Morgan fingerprint density at radius 2 is 2.26 bits per heavy atom. The number of carbonyl (C=O) groups excluding carboxylic acids is 1. The Balaban J connectivity index is 1.52. The van der Waals surface area contributed by atoms with Gasteiger partial charge in [-0.2, -0.15) is 10.1 Å². The smallest absolute Gasteiger partial charge is 0.270 e. The van der Waals surface area contributed by atoms with Gasteiger partial charge >= 0.3 is 0 Å². The number of methoxy groups -OCH3 is 1. The van der Waals surface area contributed by atoms with E-state index >= 15 is 0 Å². The van der Waals surface area contributed by atoms with E-state index in [1.54, 1.807) is 24.9 Å². The van der Waals surface area contributed by atoms with Crippen molar-refractivity contribution in [3.63, 3.8) is 0 Å². The van der Waals surface area contributed by atoms with Crippen LogP contribution in [0.15, 0.2) is 28.8 Å². The maximum atomic E-state index is 12.5. The van der Waals surface area contributed by atoms with Gasteiger partial charge in [0.2, 0.25) is 5.82 Å². The Kier molecular flexibility index (Phi) is 4.36. The van der Waals surface area contributed by atoms with E-state index in [0.29, 0.717) is 29.8 Å². The third-order valence-electron chi connectivity index (χ3n) is 4.33. The number of hydrogen-bond donors (Lipinski definition) is 1. The summed E-state index contributed by atoms with van der Waals surface area (Å²) in [6, 6.07) is 7.15. The summed E-state index contributed by atoms with van der Waals surface area (Å²) < 4.78 is 17.4. The molecule has 0 aliphatic carbocycles. The van der Waals surface area contributed by atoms with Crippen LogP contribution in [0.1, 0.15) is 33.7 Å². The van der Waals surface area contributed by atoms with Gasteiger partial charge in [0.1, 0.15) is 24.7 Å². The largest absolute Gasteiger partial charge is 0.491 e. The zero-order valence-electron chi connectivity index (χ0n) is 15.2. The molecule has 9 nitrogen and oxygen atoms in total. The molecule has 0 unspecified atom stereocenters. The average Bonchev–Trinajstić information content (AvgIpc) is 3.34. The Morgan fingerprint density at radius 1 is 1.41 bits per heavy atom. The Labute approximate surface area is 155 Å². The summed E-state index contributed by atoms with van der Waals surface area (Å²) in [5, 5.41) is 11.1. The minimum atomic E-state index is -0.230. The van der Waals surface area contributed by atoms with Crippen LogP contribution in [0.4, 0.5) is 0 Å². The molecule has 0 fully saturated rings. The lowest BCUT2D eigenvalue weighted by molar-refractivity contribution is 0.0920. The van der Waals surface area contributed by atoms with Crippen molar-refractivity contribution < 1.29 is 18.8 Å². The minimum Gasteiger partial charge on any atom is -0.491 e. The zero-order chi connectivity index (χ0) is 19.0. The van der Waals surface area contributed by atoms with Crippen LogP contribution in [0, 0.1) is 6.92 Å². The van der Waals surface area contributed by atoms with Crippen LogP contribution in [0.25, 0.3) is 11.4 Å². The molecule has 1 aliphatic rings. The van der Waals surface area contributed by atoms with Crippen LogP contribution in [-0.4, -0.2) is 39.5 Å². The van der Waals surface area contributed by atoms with E-state index in [2.05, 4.69) is 20.6 Å². The number of rotatable bonds is 5. The van der Waals surface area contributed by atoms with E-state index in [0.717, 1.165) is 16.8 Å². The molecule has 1 atom stereocenters. The van der Waals surface area contributed by atoms with Crippen LogP contribution in [0.2, 0.25) is 0 Å². The number of benzene rings is 1. The molecule has 0 bridgehead atoms. The summed E-state index contributed by atoms with van der Waals surface area (Å²) in [6.07, 6.45) is 0. The molecule has 0 saturated carbocycles. The van der Waals surface area contributed by atoms with Crippen molar-refractivity contribution in [1.29, 1.82) is 0 Å². The van der Waals surface area contributed by atoms with Crippen LogP contribution in [0.3, 0.4) is 0 Å². The lowest BCUT2D eigenvalue weighted by Gasteiger charge is -2.11. The summed E-state index contributed by atoms with van der Waals surface area (Å²) in [5.74, 6) is 1.37. The number of fused-ring (bicyclic) bond motifs is 1. The summed E-state index contributed by atoms with van der Waals surface area (Å²) in [5.41, 5.74) is 2.99. The SMILES string of the molecule is COCc1nc(-c2ccc3c(c2)OC[C@@H]3NC(=O)c2cc(C)nn2C)no1. The third kappa shape index (κ3) is 3.28. The molecule has 4 rings (SSSR count). The molecule has 0 spiro atoms. The van der Waals surface area contributed by atoms with Crippen molar-refractivity contribution in [2.75, 3.05) is 13.7 Å². The van der Waals surface area contributed by atoms with Gasteiger partial charge < -0.3 is 19.3 Å². The van der Waals surface area contributed by atoms with Crippen molar-refractivity contribution in [2.24, 2.45) is 7.05 Å². The molecule has 3 heterocycles. The first-order chi connectivity index (χ1) is 13.0. The first-order valence-electron chi connectivity index (χ1n) is 8.45. The van der Waals surface area contributed by atoms with Gasteiger partial charge in [-0.15, -0.1) is 0 Å². The van der Waals surface area contributed by atoms with Gasteiger partial charge in [-0.1, -0.05) is 17.3 Å². The van der Waals surface area contributed by atoms with E-state index in [1.807, 2.05) is 25.1 Å². The highest BCUT2D eigenvalue weighted by Gasteiger charge is 2.27. The van der Waals surface area contributed by atoms with E-state index in [1.165, 1.54) is 0 Å². The molecule has 9 heteroatoms. The predicted molar refractivity (Wildman–Crippen MR) is 94.1 cm³/mol. The molecule has 1 aliphatic heterocycles. The van der Waals surface area contributed by atoms with Crippen LogP contribution < -0.4 is 10.1 Å². The molecular formula is C18H19N5O4. The molecule has 140 valence electrons. The number of amides is 1. The molecule has 1 amide bonds. The molecule has 2 aromatic heterocycles. The van der Waals surface area contributed by atoms with Gasteiger partial charge in [0.25, 0.3) is 11.8 Å². The zero-order valence-corrected chi connectivity index (χ0v) is 15.2. The topological polar surface area (TPSA) is 104 Å². The number of ether oxygens (including phenoxy) is 2. The van der Waals surface area contributed by atoms with Crippen molar-refractivity contribution in [2.45, 2.75) is 19.6 Å². The summed E-state index contributed by atoms with van der Waals surface area (Å²) in [6.45, 7) is 2.47. The number of hydrogen-bond acceptors (Lipinski definition) is 7. The van der Waals surface area contributed by atoms with E-state index in [4.69, 9.17) is 14.0 Å². The second-order valence-electron chi connectivity index (χ2n) is 6.33.